The number of hydrogen-bond acceptors (Lipinski definition) is 6. The average molecular weight is 479 g/mol. The van der Waals surface area contributed by atoms with Crippen molar-refractivity contribution in [2.45, 2.75) is 66.2 Å². The summed E-state index contributed by atoms with van der Waals surface area (Å²) in [6, 6.07) is 7.12. The Bertz CT molecular complexity index is 1060. The monoisotopic (exact) mass is 478 g/mol. The van der Waals surface area contributed by atoms with E-state index in [1.807, 2.05) is 67.5 Å². The van der Waals surface area contributed by atoms with Gasteiger partial charge in [-0.15, -0.1) is 0 Å². The SMILES string of the molecule is CC(C)(CN=Cc1cc(C(C)(C)C)cc(C=O)c1O)CN=Cc1cc(C(C)(C)C)cc(C=O)c1O. The van der Waals surface area contributed by atoms with E-state index in [2.05, 4.69) is 9.98 Å². The van der Waals surface area contributed by atoms with Crippen LogP contribution < -0.4 is 0 Å². The van der Waals surface area contributed by atoms with Crippen molar-refractivity contribution in [2.75, 3.05) is 13.1 Å². The van der Waals surface area contributed by atoms with Crippen molar-refractivity contribution in [3.05, 3.63) is 57.6 Å². The minimum absolute atomic E-state index is 0.0761. The first-order valence-corrected chi connectivity index (χ1v) is 11.7. The molecule has 6 heteroatoms. The maximum atomic E-state index is 11.4. The second-order valence-corrected chi connectivity index (χ2v) is 11.8. The predicted molar refractivity (Wildman–Crippen MR) is 143 cm³/mol. The second kappa shape index (κ2) is 10.5. The smallest absolute Gasteiger partial charge is 0.153 e. The van der Waals surface area contributed by atoms with E-state index in [0.717, 1.165) is 11.1 Å². The van der Waals surface area contributed by atoms with Crippen LogP contribution in [0.25, 0.3) is 0 Å². The molecule has 2 aromatic rings. The zero-order chi connectivity index (χ0) is 26.6. The Morgan fingerprint density at radius 3 is 1.23 bits per heavy atom. The minimum atomic E-state index is -0.303. The summed E-state index contributed by atoms with van der Waals surface area (Å²) in [4.78, 5) is 31.9. The lowest BCUT2D eigenvalue weighted by Crippen LogP contribution is -2.20. The van der Waals surface area contributed by atoms with E-state index in [1.165, 1.54) is 0 Å². The van der Waals surface area contributed by atoms with Gasteiger partial charge in [-0.05, 0) is 46.2 Å². The van der Waals surface area contributed by atoms with Crippen molar-refractivity contribution < 1.29 is 19.8 Å². The van der Waals surface area contributed by atoms with Crippen LogP contribution in [0.1, 0.15) is 98.4 Å². The number of aldehydes is 2. The summed E-state index contributed by atoms with van der Waals surface area (Å²) in [5.41, 5.74) is 2.72. The molecule has 0 radical (unpaired) electrons. The van der Waals surface area contributed by atoms with Gasteiger partial charge in [-0.1, -0.05) is 55.4 Å². The quantitative estimate of drug-likeness (QED) is 0.365. The molecule has 0 bridgehead atoms. The van der Waals surface area contributed by atoms with Crippen molar-refractivity contribution in [3.8, 4) is 11.5 Å². The third-order valence-electron chi connectivity index (χ3n) is 5.82. The van der Waals surface area contributed by atoms with Gasteiger partial charge in [-0.2, -0.15) is 0 Å². The fourth-order valence-corrected chi connectivity index (χ4v) is 3.43. The number of nitrogens with zero attached hydrogens (tertiary/aromatic N) is 2. The first-order valence-electron chi connectivity index (χ1n) is 11.7. The Morgan fingerprint density at radius 2 is 0.943 bits per heavy atom. The first kappa shape index (κ1) is 28.0. The molecular formula is C29H38N2O4. The van der Waals surface area contributed by atoms with Gasteiger partial charge in [0.15, 0.2) is 12.6 Å². The van der Waals surface area contributed by atoms with Crippen molar-refractivity contribution >= 4 is 25.0 Å². The minimum Gasteiger partial charge on any atom is -0.507 e. The fourth-order valence-electron chi connectivity index (χ4n) is 3.43. The molecule has 0 saturated heterocycles. The van der Waals surface area contributed by atoms with Crippen LogP contribution in [-0.2, 0) is 10.8 Å². The van der Waals surface area contributed by atoms with Gasteiger partial charge in [0, 0.05) is 42.1 Å². The van der Waals surface area contributed by atoms with Gasteiger partial charge in [0.2, 0.25) is 0 Å². The largest absolute Gasteiger partial charge is 0.507 e. The molecule has 2 rings (SSSR count). The lowest BCUT2D eigenvalue weighted by molar-refractivity contribution is 0.111. The zero-order valence-corrected chi connectivity index (χ0v) is 22.1. The number of carbonyl (C=O) groups is 2. The molecular weight excluding hydrogens is 440 g/mol. The highest BCUT2D eigenvalue weighted by Crippen LogP contribution is 2.31. The van der Waals surface area contributed by atoms with Crippen LogP contribution in [0.15, 0.2) is 34.3 Å². The van der Waals surface area contributed by atoms with E-state index in [1.54, 1.807) is 24.6 Å². The molecule has 6 nitrogen and oxygen atoms in total. The average Bonchev–Trinajstić information content (AvgIpc) is 2.74. The van der Waals surface area contributed by atoms with Gasteiger partial charge in [-0.25, -0.2) is 0 Å². The molecule has 0 aromatic heterocycles. The van der Waals surface area contributed by atoms with Gasteiger partial charge in [0.05, 0.1) is 11.1 Å². The van der Waals surface area contributed by atoms with Crippen LogP contribution in [0.5, 0.6) is 11.5 Å². The van der Waals surface area contributed by atoms with E-state index in [0.29, 0.717) is 36.8 Å². The summed E-state index contributed by atoms with van der Waals surface area (Å²) in [5, 5.41) is 20.9. The molecule has 188 valence electrons. The molecule has 0 heterocycles. The molecule has 0 spiro atoms. The number of hydrogen-bond donors (Lipinski definition) is 2. The zero-order valence-electron chi connectivity index (χ0n) is 22.1. The van der Waals surface area contributed by atoms with Crippen LogP contribution in [0.2, 0.25) is 0 Å². The summed E-state index contributed by atoms with van der Waals surface area (Å²) in [6.07, 6.45) is 4.50. The Hall–Kier alpha value is -3.28. The molecule has 0 aliphatic carbocycles. The molecule has 0 amide bonds. The van der Waals surface area contributed by atoms with Crippen LogP contribution in [0.4, 0.5) is 0 Å². The van der Waals surface area contributed by atoms with Gasteiger partial charge >= 0.3 is 0 Å². The number of phenolic OH excluding ortho intramolecular Hbond substituents is 2. The summed E-state index contributed by atoms with van der Waals surface area (Å²) >= 11 is 0. The molecule has 0 fully saturated rings. The van der Waals surface area contributed by atoms with Gasteiger partial charge in [-0.3, -0.25) is 19.6 Å². The van der Waals surface area contributed by atoms with Crippen LogP contribution in [0, 0.1) is 5.41 Å². The molecule has 0 atom stereocenters. The molecule has 35 heavy (non-hydrogen) atoms. The number of phenols is 2. The highest BCUT2D eigenvalue weighted by molar-refractivity contribution is 5.91. The number of aliphatic imine (C=N–C) groups is 2. The van der Waals surface area contributed by atoms with E-state index >= 15 is 0 Å². The van der Waals surface area contributed by atoms with E-state index in [9.17, 15) is 19.8 Å². The summed E-state index contributed by atoms with van der Waals surface area (Å²) in [6.45, 7) is 17.2. The second-order valence-electron chi connectivity index (χ2n) is 11.8. The predicted octanol–water partition coefficient (Wildman–Crippen LogP) is 5.88. The van der Waals surface area contributed by atoms with Crippen molar-refractivity contribution in [1.82, 2.24) is 0 Å². The van der Waals surface area contributed by atoms with Gasteiger partial charge in [0.25, 0.3) is 0 Å². The lowest BCUT2D eigenvalue weighted by Gasteiger charge is -2.22. The fraction of sp³-hybridized carbons (Fsp3) is 0.448. The highest BCUT2D eigenvalue weighted by atomic mass is 16.3. The van der Waals surface area contributed by atoms with Crippen LogP contribution >= 0.6 is 0 Å². The third-order valence-corrected chi connectivity index (χ3v) is 5.82. The van der Waals surface area contributed by atoms with E-state index < -0.39 is 0 Å². The number of carbonyl (C=O) groups excluding carboxylic acids is 2. The molecule has 0 aliphatic rings. The molecule has 0 unspecified atom stereocenters. The molecule has 0 aliphatic heterocycles. The van der Waals surface area contributed by atoms with Crippen molar-refractivity contribution in [3.63, 3.8) is 0 Å². The summed E-state index contributed by atoms with van der Waals surface area (Å²) < 4.78 is 0. The van der Waals surface area contributed by atoms with Crippen molar-refractivity contribution in [1.29, 1.82) is 0 Å². The first-order chi connectivity index (χ1) is 16.1. The maximum Gasteiger partial charge on any atom is 0.153 e. The standard InChI is InChI=1S/C29H38N2O4/c1-27(2,3)23-9-19(25(34)21(11-23)15-32)13-30-17-29(7,8)18-31-14-20-10-24(28(4,5)6)12-22(16-33)26(20)35/h9-16,34-35H,17-18H2,1-8H3. The number of rotatable bonds is 8. The highest BCUT2D eigenvalue weighted by Gasteiger charge is 2.20. The van der Waals surface area contributed by atoms with E-state index in [4.69, 9.17) is 0 Å². The molecule has 0 saturated carbocycles. The number of aromatic hydroxyl groups is 2. The molecule has 2 N–H and O–H groups in total. The third kappa shape index (κ3) is 7.35. The van der Waals surface area contributed by atoms with Crippen LogP contribution in [-0.4, -0.2) is 48.3 Å². The normalized spacial score (nSPS) is 13.0. The Balaban J connectivity index is 2.21. The Labute approximate surface area is 208 Å². The van der Waals surface area contributed by atoms with Gasteiger partial charge < -0.3 is 10.2 Å². The number of benzene rings is 2. The molecule has 2 aromatic carbocycles. The lowest BCUT2D eigenvalue weighted by atomic mass is 9.85. The van der Waals surface area contributed by atoms with Crippen LogP contribution in [0.3, 0.4) is 0 Å². The van der Waals surface area contributed by atoms with Gasteiger partial charge in [0.1, 0.15) is 11.5 Å². The summed E-state index contributed by atoms with van der Waals surface area (Å²) in [7, 11) is 0. The maximum absolute atomic E-state index is 11.4. The van der Waals surface area contributed by atoms with E-state index in [-0.39, 0.29) is 38.9 Å². The van der Waals surface area contributed by atoms with Crippen molar-refractivity contribution in [2.24, 2.45) is 15.4 Å². The summed E-state index contributed by atoms with van der Waals surface area (Å²) in [5.74, 6) is -0.152. The Kier molecular flexibility index (Phi) is 8.43. The Morgan fingerprint density at radius 1 is 0.629 bits per heavy atom. The topological polar surface area (TPSA) is 99.3 Å².